The molecule has 1 amide bonds. The van der Waals surface area contributed by atoms with Crippen LogP contribution in [0.2, 0.25) is 0 Å². The lowest BCUT2D eigenvalue weighted by atomic mass is 10.1. The van der Waals surface area contributed by atoms with Crippen molar-refractivity contribution >= 4 is 5.91 Å². The molecule has 106 valence electrons. The van der Waals surface area contributed by atoms with E-state index in [4.69, 9.17) is 0 Å². The van der Waals surface area contributed by atoms with Crippen LogP contribution < -0.4 is 10.6 Å². The zero-order valence-electron chi connectivity index (χ0n) is 12.1. The fourth-order valence-corrected chi connectivity index (χ4v) is 1.64. The predicted octanol–water partition coefficient (Wildman–Crippen LogP) is 2.38. The number of hydrogen-bond donors (Lipinski definition) is 2. The largest absolute Gasteiger partial charge is 0.354 e. The summed E-state index contributed by atoms with van der Waals surface area (Å²) in [6.45, 7) is 8.90. The Morgan fingerprint density at radius 3 is 2.58 bits per heavy atom. The van der Waals surface area contributed by atoms with Gasteiger partial charge in [-0.05, 0) is 37.0 Å². The molecule has 3 nitrogen and oxygen atoms in total. The standard InChI is InChI=1S/C15H23FN2O/c1-10(2)8-18-15(19)12(4)17-9-13-5-6-14(16)11(3)7-13/h5-7,10,12,17H,8-9H2,1-4H3,(H,18,19). The SMILES string of the molecule is Cc1cc(CNC(C)C(=O)NCC(C)C)ccc1F. The van der Waals surface area contributed by atoms with Gasteiger partial charge < -0.3 is 10.6 Å². The van der Waals surface area contributed by atoms with Crippen molar-refractivity contribution in [2.24, 2.45) is 5.92 Å². The molecular formula is C15H23FN2O. The van der Waals surface area contributed by atoms with Gasteiger partial charge in [-0.15, -0.1) is 0 Å². The molecule has 0 saturated carbocycles. The average Bonchev–Trinajstić information content (AvgIpc) is 2.36. The van der Waals surface area contributed by atoms with Gasteiger partial charge in [-0.25, -0.2) is 4.39 Å². The molecule has 2 N–H and O–H groups in total. The van der Waals surface area contributed by atoms with Gasteiger partial charge in [-0.2, -0.15) is 0 Å². The molecule has 1 rings (SSSR count). The summed E-state index contributed by atoms with van der Waals surface area (Å²) < 4.78 is 13.1. The fourth-order valence-electron chi connectivity index (χ4n) is 1.64. The molecule has 0 aromatic heterocycles. The molecule has 4 heteroatoms. The normalized spacial score (nSPS) is 12.5. The maximum Gasteiger partial charge on any atom is 0.236 e. The molecule has 19 heavy (non-hydrogen) atoms. The van der Waals surface area contributed by atoms with Gasteiger partial charge in [0.15, 0.2) is 0 Å². The first kappa shape index (κ1) is 15.6. The van der Waals surface area contributed by atoms with Crippen LogP contribution in [0.3, 0.4) is 0 Å². The molecule has 1 aromatic carbocycles. The molecule has 1 atom stereocenters. The summed E-state index contributed by atoms with van der Waals surface area (Å²) >= 11 is 0. The second-order valence-corrected chi connectivity index (χ2v) is 5.33. The number of halogens is 1. The molecule has 0 radical (unpaired) electrons. The number of rotatable bonds is 6. The van der Waals surface area contributed by atoms with Gasteiger partial charge in [0, 0.05) is 13.1 Å². The van der Waals surface area contributed by atoms with E-state index in [0.717, 1.165) is 5.56 Å². The third kappa shape index (κ3) is 5.39. The number of hydrogen-bond acceptors (Lipinski definition) is 2. The van der Waals surface area contributed by atoms with Crippen LogP contribution in [0, 0.1) is 18.7 Å². The van der Waals surface area contributed by atoms with Gasteiger partial charge in [0.2, 0.25) is 5.91 Å². The Kier molecular flexibility index (Phi) is 5.96. The van der Waals surface area contributed by atoms with Crippen molar-refractivity contribution in [1.82, 2.24) is 10.6 Å². The minimum Gasteiger partial charge on any atom is -0.354 e. The lowest BCUT2D eigenvalue weighted by molar-refractivity contribution is -0.122. The van der Waals surface area contributed by atoms with Gasteiger partial charge in [0.1, 0.15) is 5.82 Å². The lowest BCUT2D eigenvalue weighted by Crippen LogP contribution is -2.42. The van der Waals surface area contributed by atoms with Crippen LogP contribution in [0.25, 0.3) is 0 Å². The average molecular weight is 266 g/mol. The summed E-state index contributed by atoms with van der Waals surface area (Å²) in [6.07, 6.45) is 0. The van der Waals surface area contributed by atoms with E-state index in [-0.39, 0.29) is 17.8 Å². The molecule has 0 saturated heterocycles. The number of carbonyl (C=O) groups is 1. The molecule has 0 fully saturated rings. The monoisotopic (exact) mass is 266 g/mol. The topological polar surface area (TPSA) is 41.1 Å². The molecule has 1 aromatic rings. The second kappa shape index (κ2) is 7.24. The van der Waals surface area contributed by atoms with Crippen molar-refractivity contribution < 1.29 is 9.18 Å². The van der Waals surface area contributed by atoms with Crippen LogP contribution >= 0.6 is 0 Å². The van der Waals surface area contributed by atoms with Gasteiger partial charge in [0.05, 0.1) is 6.04 Å². The van der Waals surface area contributed by atoms with E-state index >= 15 is 0 Å². The van der Waals surface area contributed by atoms with Crippen molar-refractivity contribution in [3.8, 4) is 0 Å². The zero-order valence-corrected chi connectivity index (χ0v) is 12.1. The van der Waals surface area contributed by atoms with Gasteiger partial charge in [-0.3, -0.25) is 4.79 Å². The lowest BCUT2D eigenvalue weighted by Gasteiger charge is -2.15. The highest BCUT2D eigenvalue weighted by Crippen LogP contribution is 2.09. The first-order valence-electron chi connectivity index (χ1n) is 6.66. The molecule has 0 aliphatic carbocycles. The highest BCUT2D eigenvalue weighted by atomic mass is 19.1. The Labute approximate surface area is 114 Å². The van der Waals surface area contributed by atoms with Crippen LogP contribution in [0.5, 0.6) is 0 Å². The Balaban J connectivity index is 2.42. The van der Waals surface area contributed by atoms with Crippen molar-refractivity contribution in [1.29, 1.82) is 0 Å². The Bertz CT molecular complexity index is 432. The maximum atomic E-state index is 13.1. The number of benzene rings is 1. The number of amides is 1. The van der Waals surface area contributed by atoms with Crippen LogP contribution in [0.15, 0.2) is 18.2 Å². The molecule has 0 heterocycles. The van der Waals surface area contributed by atoms with E-state index < -0.39 is 0 Å². The third-order valence-electron chi connectivity index (χ3n) is 2.91. The summed E-state index contributed by atoms with van der Waals surface area (Å²) in [7, 11) is 0. The second-order valence-electron chi connectivity index (χ2n) is 5.33. The third-order valence-corrected chi connectivity index (χ3v) is 2.91. The van der Waals surface area contributed by atoms with E-state index in [1.54, 1.807) is 19.1 Å². The zero-order chi connectivity index (χ0) is 14.4. The smallest absolute Gasteiger partial charge is 0.236 e. The Morgan fingerprint density at radius 1 is 1.32 bits per heavy atom. The Hall–Kier alpha value is -1.42. The summed E-state index contributed by atoms with van der Waals surface area (Å²) in [5.74, 6) is 0.231. The summed E-state index contributed by atoms with van der Waals surface area (Å²) in [5.41, 5.74) is 1.60. The minimum atomic E-state index is -0.260. The molecule has 0 aliphatic heterocycles. The summed E-state index contributed by atoms with van der Waals surface area (Å²) in [4.78, 5) is 11.8. The fraction of sp³-hybridized carbons (Fsp3) is 0.533. The van der Waals surface area contributed by atoms with Gasteiger partial charge in [-0.1, -0.05) is 26.0 Å². The van der Waals surface area contributed by atoms with Crippen molar-refractivity contribution in [2.75, 3.05) is 6.54 Å². The molecule has 0 aliphatic rings. The first-order valence-corrected chi connectivity index (χ1v) is 6.66. The van der Waals surface area contributed by atoms with E-state index in [2.05, 4.69) is 24.5 Å². The van der Waals surface area contributed by atoms with Crippen LogP contribution in [-0.2, 0) is 11.3 Å². The summed E-state index contributed by atoms with van der Waals surface area (Å²) in [5, 5.41) is 6.01. The number of nitrogens with one attached hydrogen (secondary N) is 2. The van der Waals surface area contributed by atoms with E-state index in [1.165, 1.54) is 6.07 Å². The molecule has 0 spiro atoms. The van der Waals surface area contributed by atoms with Gasteiger partial charge in [0.25, 0.3) is 0 Å². The predicted molar refractivity (Wildman–Crippen MR) is 75.3 cm³/mol. The van der Waals surface area contributed by atoms with E-state index in [0.29, 0.717) is 24.6 Å². The van der Waals surface area contributed by atoms with Crippen LogP contribution in [0.4, 0.5) is 4.39 Å². The summed E-state index contributed by atoms with van der Waals surface area (Å²) in [6, 6.07) is 4.72. The minimum absolute atomic E-state index is 0.00691. The van der Waals surface area contributed by atoms with Crippen LogP contribution in [-0.4, -0.2) is 18.5 Å². The van der Waals surface area contributed by atoms with Gasteiger partial charge >= 0.3 is 0 Å². The Morgan fingerprint density at radius 2 is 2.00 bits per heavy atom. The van der Waals surface area contributed by atoms with Crippen LogP contribution in [0.1, 0.15) is 31.9 Å². The van der Waals surface area contributed by atoms with Crippen molar-refractivity contribution in [3.63, 3.8) is 0 Å². The quantitative estimate of drug-likeness (QED) is 0.830. The first-order chi connectivity index (χ1) is 8.90. The van der Waals surface area contributed by atoms with Crippen molar-refractivity contribution in [3.05, 3.63) is 35.1 Å². The van der Waals surface area contributed by atoms with E-state index in [9.17, 15) is 9.18 Å². The molecule has 0 bridgehead atoms. The molecule has 1 unspecified atom stereocenters. The number of carbonyl (C=O) groups excluding carboxylic acids is 1. The maximum absolute atomic E-state index is 13.1. The number of aryl methyl sites for hydroxylation is 1. The van der Waals surface area contributed by atoms with E-state index in [1.807, 2.05) is 6.92 Å². The van der Waals surface area contributed by atoms with Crippen molar-refractivity contribution in [2.45, 2.75) is 40.3 Å². The molecular weight excluding hydrogens is 243 g/mol. The highest BCUT2D eigenvalue weighted by Gasteiger charge is 2.12. The highest BCUT2D eigenvalue weighted by molar-refractivity contribution is 5.81.